The van der Waals surface area contributed by atoms with Crippen LogP contribution < -0.4 is 14.8 Å². The molecule has 0 aliphatic heterocycles. The molecule has 27 heavy (non-hydrogen) atoms. The number of carbonyl (C=O) groups is 1. The number of ether oxygens (including phenoxy) is 2. The molecule has 0 saturated heterocycles. The van der Waals surface area contributed by atoms with Crippen LogP contribution in [0.25, 0.3) is 0 Å². The van der Waals surface area contributed by atoms with Gasteiger partial charge in [-0.05, 0) is 31.5 Å². The van der Waals surface area contributed by atoms with E-state index in [1.807, 2.05) is 31.2 Å². The first-order valence-corrected chi connectivity index (χ1v) is 9.28. The number of nitrogens with one attached hydrogen (secondary N) is 1. The minimum Gasteiger partial charge on any atom is -0.493 e. The van der Waals surface area contributed by atoms with Crippen molar-refractivity contribution in [3.63, 3.8) is 0 Å². The molecule has 0 bridgehead atoms. The van der Waals surface area contributed by atoms with E-state index in [0.29, 0.717) is 30.0 Å². The molecule has 0 heterocycles. The van der Waals surface area contributed by atoms with Crippen molar-refractivity contribution in [2.24, 2.45) is 0 Å². The number of hydrogen-bond acceptors (Lipinski definition) is 6. The average Bonchev–Trinajstić information content (AvgIpc) is 2.66. The molecule has 2 rings (SSSR count). The Balaban J connectivity index is 1.92. The van der Waals surface area contributed by atoms with Crippen LogP contribution >= 0.6 is 11.8 Å². The van der Waals surface area contributed by atoms with Gasteiger partial charge >= 0.3 is 0 Å². The number of rotatable bonds is 9. The molecule has 0 aliphatic rings. The molecule has 1 amide bonds. The SMILES string of the molecule is COc1cc(CCNC(=O)CSc2ccc(C)cc2)c([N+](=O)[O-])cc1OC. The highest BCUT2D eigenvalue weighted by Gasteiger charge is 2.19. The van der Waals surface area contributed by atoms with E-state index in [-0.39, 0.29) is 17.3 Å². The van der Waals surface area contributed by atoms with Gasteiger partial charge in [0.15, 0.2) is 11.5 Å². The van der Waals surface area contributed by atoms with Crippen molar-refractivity contribution < 1.29 is 19.2 Å². The van der Waals surface area contributed by atoms with Gasteiger partial charge in [0.1, 0.15) is 0 Å². The van der Waals surface area contributed by atoms with Gasteiger partial charge in [-0.1, -0.05) is 17.7 Å². The van der Waals surface area contributed by atoms with Gasteiger partial charge < -0.3 is 14.8 Å². The second kappa shape index (κ2) is 9.82. The molecule has 1 N–H and O–H groups in total. The van der Waals surface area contributed by atoms with Crippen LogP contribution in [0.15, 0.2) is 41.3 Å². The molecule has 2 aromatic carbocycles. The summed E-state index contributed by atoms with van der Waals surface area (Å²) in [6.07, 6.45) is 0.317. The minimum absolute atomic E-state index is 0.0593. The molecular weight excluding hydrogens is 368 g/mol. The van der Waals surface area contributed by atoms with Gasteiger partial charge in [-0.25, -0.2) is 0 Å². The van der Waals surface area contributed by atoms with Crippen molar-refractivity contribution in [1.82, 2.24) is 5.32 Å². The predicted molar refractivity (Wildman–Crippen MR) is 105 cm³/mol. The number of nitro benzene ring substituents is 1. The Bertz CT molecular complexity index is 808. The fourth-order valence-electron chi connectivity index (χ4n) is 2.45. The lowest BCUT2D eigenvalue weighted by Gasteiger charge is -2.11. The molecular formula is C19H22N2O5S. The van der Waals surface area contributed by atoms with Gasteiger partial charge in [0, 0.05) is 17.0 Å². The first-order valence-electron chi connectivity index (χ1n) is 8.30. The molecule has 0 aliphatic carbocycles. The smallest absolute Gasteiger partial charge is 0.276 e. The molecule has 0 radical (unpaired) electrons. The molecule has 0 saturated carbocycles. The molecule has 0 atom stereocenters. The third-order valence-electron chi connectivity index (χ3n) is 3.89. The first-order chi connectivity index (χ1) is 12.9. The number of hydrogen-bond donors (Lipinski definition) is 1. The van der Waals surface area contributed by atoms with Crippen LogP contribution in [-0.2, 0) is 11.2 Å². The van der Waals surface area contributed by atoms with Crippen LogP contribution in [0.1, 0.15) is 11.1 Å². The predicted octanol–water partition coefficient (Wildman–Crippen LogP) is 3.37. The van der Waals surface area contributed by atoms with E-state index in [0.717, 1.165) is 4.90 Å². The Morgan fingerprint density at radius 2 is 1.78 bits per heavy atom. The number of methoxy groups -OCH3 is 2. The van der Waals surface area contributed by atoms with Gasteiger partial charge in [-0.2, -0.15) is 0 Å². The Labute approximate surface area is 162 Å². The summed E-state index contributed by atoms with van der Waals surface area (Å²) in [6, 6.07) is 10.8. The highest BCUT2D eigenvalue weighted by molar-refractivity contribution is 8.00. The third kappa shape index (κ3) is 5.89. The lowest BCUT2D eigenvalue weighted by Crippen LogP contribution is -2.27. The normalized spacial score (nSPS) is 10.3. The van der Waals surface area contributed by atoms with E-state index in [9.17, 15) is 14.9 Å². The van der Waals surface area contributed by atoms with Crippen molar-refractivity contribution in [2.75, 3.05) is 26.5 Å². The van der Waals surface area contributed by atoms with Crippen LogP contribution in [-0.4, -0.2) is 37.3 Å². The van der Waals surface area contributed by atoms with E-state index >= 15 is 0 Å². The topological polar surface area (TPSA) is 90.7 Å². The standard InChI is InChI=1S/C19H22N2O5S/c1-13-4-6-15(7-5-13)27-12-19(22)20-9-8-14-10-17(25-2)18(26-3)11-16(14)21(23)24/h4-7,10-11H,8-9,12H2,1-3H3,(H,20,22). The molecule has 0 fully saturated rings. The molecule has 0 spiro atoms. The van der Waals surface area contributed by atoms with Crippen LogP contribution in [0.4, 0.5) is 5.69 Å². The van der Waals surface area contributed by atoms with Crippen molar-refractivity contribution in [2.45, 2.75) is 18.2 Å². The molecule has 2 aromatic rings. The Kier molecular flexibility index (Phi) is 7.48. The zero-order valence-corrected chi connectivity index (χ0v) is 16.3. The van der Waals surface area contributed by atoms with Crippen LogP contribution in [0, 0.1) is 17.0 Å². The molecule has 0 aromatic heterocycles. The summed E-state index contributed by atoms with van der Waals surface area (Å²) in [4.78, 5) is 23.8. The highest BCUT2D eigenvalue weighted by atomic mass is 32.2. The van der Waals surface area contributed by atoms with E-state index in [4.69, 9.17) is 9.47 Å². The summed E-state index contributed by atoms with van der Waals surface area (Å²) in [5.74, 6) is 0.881. The lowest BCUT2D eigenvalue weighted by atomic mass is 10.1. The number of aryl methyl sites for hydroxylation is 1. The summed E-state index contributed by atoms with van der Waals surface area (Å²) in [7, 11) is 2.89. The van der Waals surface area contributed by atoms with Crippen LogP contribution in [0.2, 0.25) is 0 Å². The number of nitrogens with zero attached hydrogens (tertiary/aromatic N) is 1. The van der Waals surface area contributed by atoms with Gasteiger partial charge in [-0.15, -0.1) is 11.8 Å². The first kappa shape index (κ1) is 20.6. The summed E-state index contributed by atoms with van der Waals surface area (Å²) in [5.41, 5.74) is 1.58. The molecule has 144 valence electrons. The van der Waals surface area contributed by atoms with E-state index in [1.54, 1.807) is 6.07 Å². The monoisotopic (exact) mass is 390 g/mol. The Morgan fingerprint density at radius 1 is 1.15 bits per heavy atom. The van der Waals surface area contributed by atoms with Crippen molar-refractivity contribution in [1.29, 1.82) is 0 Å². The second-order valence-corrected chi connectivity index (χ2v) is 6.84. The average molecular weight is 390 g/mol. The fourth-order valence-corrected chi connectivity index (χ4v) is 3.18. The highest BCUT2D eigenvalue weighted by Crippen LogP contribution is 2.34. The minimum atomic E-state index is -0.466. The lowest BCUT2D eigenvalue weighted by molar-refractivity contribution is -0.385. The van der Waals surface area contributed by atoms with Crippen molar-refractivity contribution in [3.05, 3.63) is 57.6 Å². The maximum Gasteiger partial charge on any atom is 0.276 e. The van der Waals surface area contributed by atoms with E-state index in [1.165, 1.54) is 37.6 Å². The number of carbonyl (C=O) groups excluding carboxylic acids is 1. The Hall–Kier alpha value is -2.74. The largest absolute Gasteiger partial charge is 0.493 e. The number of amides is 1. The van der Waals surface area contributed by atoms with Crippen LogP contribution in [0.5, 0.6) is 11.5 Å². The van der Waals surface area contributed by atoms with Crippen molar-refractivity contribution >= 4 is 23.4 Å². The second-order valence-electron chi connectivity index (χ2n) is 5.79. The van der Waals surface area contributed by atoms with E-state index < -0.39 is 4.92 Å². The van der Waals surface area contributed by atoms with Gasteiger partial charge in [0.2, 0.25) is 5.91 Å². The summed E-state index contributed by atoms with van der Waals surface area (Å²) >= 11 is 1.45. The zero-order chi connectivity index (χ0) is 19.8. The molecule has 8 heteroatoms. The summed E-state index contributed by atoms with van der Waals surface area (Å²) in [5, 5.41) is 14.1. The number of benzene rings is 2. The Morgan fingerprint density at radius 3 is 2.37 bits per heavy atom. The van der Waals surface area contributed by atoms with Crippen LogP contribution in [0.3, 0.4) is 0 Å². The van der Waals surface area contributed by atoms with Gasteiger partial charge in [-0.3, -0.25) is 14.9 Å². The quantitative estimate of drug-likeness (QED) is 0.401. The number of nitro groups is 1. The summed E-state index contributed by atoms with van der Waals surface area (Å²) < 4.78 is 10.3. The van der Waals surface area contributed by atoms with Gasteiger partial charge in [0.05, 0.1) is 31.0 Å². The van der Waals surface area contributed by atoms with Crippen molar-refractivity contribution in [3.8, 4) is 11.5 Å². The third-order valence-corrected chi connectivity index (χ3v) is 4.90. The maximum atomic E-state index is 12.0. The molecule has 0 unspecified atom stereocenters. The fraction of sp³-hybridized carbons (Fsp3) is 0.316. The van der Waals surface area contributed by atoms with Gasteiger partial charge in [0.25, 0.3) is 5.69 Å². The number of thioether (sulfide) groups is 1. The summed E-state index contributed by atoms with van der Waals surface area (Å²) in [6.45, 7) is 2.30. The maximum absolute atomic E-state index is 12.0. The zero-order valence-electron chi connectivity index (χ0n) is 15.5. The van der Waals surface area contributed by atoms with E-state index in [2.05, 4.69) is 5.32 Å². The molecule has 7 nitrogen and oxygen atoms in total.